The lowest BCUT2D eigenvalue weighted by molar-refractivity contribution is 0.112. The summed E-state index contributed by atoms with van der Waals surface area (Å²) in [6.07, 6.45) is 6.34. The molecule has 0 spiro atoms. The lowest BCUT2D eigenvalue weighted by Crippen LogP contribution is -1.97. The zero-order valence-electron chi connectivity index (χ0n) is 8.09. The maximum absolute atomic E-state index is 10.8. The first kappa shape index (κ1) is 10.7. The molecule has 1 aliphatic rings. The van der Waals surface area contributed by atoms with Gasteiger partial charge in [-0.25, -0.2) is 0 Å². The predicted molar refractivity (Wildman–Crippen MR) is 63.7 cm³/mol. The van der Waals surface area contributed by atoms with Gasteiger partial charge in [0.15, 0.2) is 6.29 Å². The highest BCUT2D eigenvalue weighted by Crippen LogP contribution is 2.31. The van der Waals surface area contributed by atoms with Crippen molar-refractivity contribution >= 4 is 35.6 Å². The molecule has 1 saturated carbocycles. The molecule has 0 N–H and O–H groups in total. The van der Waals surface area contributed by atoms with E-state index in [-0.39, 0.29) is 0 Å². The molecule has 1 nitrogen and oxygen atoms in total. The Kier molecular flexibility index (Phi) is 3.13. The Bertz CT molecular complexity index is 429. The van der Waals surface area contributed by atoms with Gasteiger partial charge in [0.2, 0.25) is 0 Å². The van der Waals surface area contributed by atoms with Gasteiger partial charge in [0.05, 0.1) is 10.0 Å². The van der Waals surface area contributed by atoms with Crippen molar-refractivity contribution in [1.82, 2.24) is 0 Å². The van der Waals surface area contributed by atoms with Gasteiger partial charge in [-0.2, -0.15) is 0 Å². The van der Waals surface area contributed by atoms with E-state index < -0.39 is 0 Å². The molecular weight excluding hydrogens is 231 g/mol. The van der Waals surface area contributed by atoms with Crippen molar-refractivity contribution in [3.05, 3.63) is 38.9 Å². The summed E-state index contributed by atoms with van der Waals surface area (Å²) < 4.78 is 0. The van der Waals surface area contributed by atoms with Crippen molar-refractivity contribution in [3.63, 3.8) is 0 Å². The Balaban J connectivity index is 2.44. The quantitative estimate of drug-likeness (QED) is 0.702. The van der Waals surface area contributed by atoms with Crippen LogP contribution in [0.15, 0.2) is 17.7 Å². The summed E-state index contributed by atoms with van der Waals surface area (Å²) in [6.45, 7) is 0. The fourth-order valence-corrected chi connectivity index (χ4v) is 1.89. The summed E-state index contributed by atoms with van der Waals surface area (Å²) in [4.78, 5) is 10.8. The Hall–Kier alpha value is -0.790. The summed E-state index contributed by atoms with van der Waals surface area (Å²) in [6, 6.07) is 3.36. The van der Waals surface area contributed by atoms with Crippen LogP contribution in [-0.2, 0) is 0 Å². The largest absolute Gasteiger partial charge is 0.298 e. The van der Waals surface area contributed by atoms with Gasteiger partial charge in [0.25, 0.3) is 0 Å². The summed E-state index contributed by atoms with van der Waals surface area (Å²) in [5.41, 5.74) is 2.84. The number of halogens is 2. The highest BCUT2D eigenvalue weighted by Gasteiger charge is 2.10. The van der Waals surface area contributed by atoms with Crippen molar-refractivity contribution in [2.24, 2.45) is 0 Å². The second-order valence-electron chi connectivity index (χ2n) is 3.67. The second kappa shape index (κ2) is 4.38. The highest BCUT2D eigenvalue weighted by atomic mass is 35.5. The van der Waals surface area contributed by atoms with E-state index in [4.69, 9.17) is 23.2 Å². The van der Waals surface area contributed by atoms with Crippen molar-refractivity contribution in [1.29, 1.82) is 0 Å². The molecule has 0 aliphatic heterocycles. The molecule has 0 heterocycles. The van der Waals surface area contributed by atoms with Crippen LogP contribution in [0.25, 0.3) is 6.08 Å². The van der Waals surface area contributed by atoms with Crippen LogP contribution < -0.4 is 0 Å². The number of allylic oxidation sites excluding steroid dienone is 1. The monoisotopic (exact) mass is 240 g/mol. The van der Waals surface area contributed by atoms with Crippen LogP contribution in [-0.4, -0.2) is 6.29 Å². The van der Waals surface area contributed by atoms with Gasteiger partial charge in [-0.05, 0) is 37.0 Å². The Morgan fingerprint density at radius 1 is 1.07 bits per heavy atom. The number of hydrogen-bond donors (Lipinski definition) is 0. The van der Waals surface area contributed by atoms with E-state index in [1.807, 2.05) is 6.08 Å². The molecule has 78 valence electrons. The molecule has 0 atom stereocenters. The molecule has 0 aromatic heterocycles. The summed E-state index contributed by atoms with van der Waals surface area (Å²) in [7, 11) is 0. The van der Waals surface area contributed by atoms with Crippen molar-refractivity contribution < 1.29 is 4.79 Å². The van der Waals surface area contributed by atoms with Gasteiger partial charge in [0.1, 0.15) is 0 Å². The van der Waals surface area contributed by atoms with Crippen LogP contribution in [0.3, 0.4) is 0 Å². The van der Waals surface area contributed by atoms with E-state index in [1.165, 1.54) is 12.0 Å². The van der Waals surface area contributed by atoms with Crippen molar-refractivity contribution in [3.8, 4) is 0 Å². The lowest BCUT2D eigenvalue weighted by Gasteiger charge is -2.16. The van der Waals surface area contributed by atoms with Gasteiger partial charge in [-0.3, -0.25) is 4.79 Å². The van der Waals surface area contributed by atoms with Crippen LogP contribution in [0.5, 0.6) is 0 Å². The molecule has 0 saturated heterocycles. The summed E-state index contributed by atoms with van der Waals surface area (Å²) in [5, 5.41) is 0.919. The molecule has 2 rings (SSSR count). The van der Waals surface area contributed by atoms with Gasteiger partial charge in [-0.1, -0.05) is 34.9 Å². The third kappa shape index (κ3) is 2.24. The van der Waals surface area contributed by atoms with Crippen molar-refractivity contribution in [2.75, 3.05) is 0 Å². The maximum Gasteiger partial charge on any atom is 0.150 e. The third-order valence-corrected chi connectivity index (χ3v) is 3.33. The minimum atomic E-state index is 0.425. The summed E-state index contributed by atoms with van der Waals surface area (Å²) >= 11 is 11.7. The molecule has 0 amide bonds. The van der Waals surface area contributed by atoms with Crippen LogP contribution in [0.4, 0.5) is 0 Å². The first-order valence-electron chi connectivity index (χ1n) is 4.84. The predicted octanol–water partition coefficient (Wildman–Crippen LogP) is 4.37. The zero-order valence-corrected chi connectivity index (χ0v) is 9.61. The van der Waals surface area contributed by atoms with Crippen LogP contribution in [0.1, 0.15) is 35.2 Å². The molecule has 0 bridgehead atoms. The van der Waals surface area contributed by atoms with E-state index in [2.05, 4.69) is 0 Å². The Morgan fingerprint density at radius 2 is 1.67 bits per heavy atom. The van der Waals surface area contributed by atoms with Gasteiger partial charge < -0.3 is 0 Å². The van der Waals surface area contributed by atoms with E-state index in [9.17, 15) is 4.79 Å². The molecule has 15 heavy (non-hydrogen) atoms. The SMILES string of the molecule is O=Cc1cc(Cl)c(Cl)cc1C=C1CCC1. The molecule has 3 heteroatoms. The maximum atomic E-state index is 10.8. The van der Waals surface area contributed by atoms with Crippen LogP contribution >= 0.6 is 23.2 Å². The Morgan fingerprint density at radius 3 is 2.13 bits per heavy atom. The summed E-state index contributed by atoms with van der Waals surface area (Å²) in [5.74, 6) is 0. The average Bonchev–Trinajstić information content (AvgIpc) is 2.16. The number of hydrogen-bond acceptors (Lipinski definition) is 1. The smallest absolute Gasteiger partial charge is 0.150 e. The number of benzene rings is 1. The second-order valence-corrected chi connectivity index (χ2v) is 4.48. The molecule has 1 aromatic carbocycles. The first-order valence-corrected chi connectivity index (χ1v) is 5.60. The van der Waals surface area contributed by atoms with E-state index in [0.717, 1.165) is 24.7 Å². The zero-order chi connectivity index (χ0) is 10.8. The fraction of sp³-hybridized carbons (Fsp3) is 0.250. The molecule has 0 unspecified atom stereocenters. The minimum Gasteiger partial charge on any atom is -0.298 e. The number of carbonyl (C=O) groups excluding carboxylic acids is 1. The third-order valence-electron chi connectivity index (χ3n) is 2.61. The standard InChI is InChI=1S/C12H10Cl2O/c13-11-5-9(4-8-2-1-3-8)10(7-15)6-12(11)14/h4-7H,1-3H2. The fourth-order valence-electron chi connectivity index (χ4n) is 1.55. The first-order chi connectivity index (χ1) is 7.20. The van der Waals surface area contributed by atoms with Gasteiger partial charge in [0, 0.05) is 5.56 Å². The van der Waals surface area contributed by atoms with E-state index in [0.29, 0.717) is 15.6 Å². The minimum absolute atomic E-state index is 0.425. The molecular formula is C12H10Cl2O. The van der Waals surface area contributed by atoms with Crippen LogP contribution in [0.2, 0.25) is 10.0 Å². The van der Waals surface area contributed by atoms with E-state index >= 15 is 0 Å². The van der Waals surface area contributed by atoms with Crippen molar-refractivity contribution in [2.45, 2.75) is 19.3 Å². The average molecular weight is 241 g/mol. The topological polar surface area (TPSA) is 17.1 Å². The highest BCUT2D eigenvalue weighted by molar-refractivity contribution is 6.42. The van der Waals surface area contributed by atoms with E-state index in [1.54, 1.807) is 12.1 Å². The Labute approximate surface area is 98.7 Å². The molecule has 1 aromatic rings. The number of aldehydes is 1. The molecule has 1 fully saturated rings. The normalized spacial score (nSPS) is 14.7. The van der Waals surface area contributed by atoms with Gasteiger partial charge in [-0.15, -0.1) is 0 Å². The number of rotatable bonds is 2. The lowest BCUT2D eigenvalue weighted by atomic mass is 9.90. The molecule has 0 radical (unpaired) electrons. The van der Waals surface area contributed by atoms with Crippen LogP contribution in [0, 0.1) is 0 Å². The van der Waals surface area contributed by atoms with Gasteiger partial charge >= 0.3 is 0 Å². The molecule has 1 aliphatic carbocycles. The number of carbonyl (C=O) groups is 1.